The molecule has 7 atom stereocenters. The van der Waals surface area contributed by atoms with Crippen LogP contribution in [0.3, 0.4) is 0 Å². The summed E-state index contributed by atoms with van der Waals surface area (Å²) in [5.74, 6) is -0.0599. The number of allylic oxidation sites excluding steroid dienone is 2. The van der Waals surface area contributed by atoms with Crippen LogP contribution in [0.15, 0.2) is 97.1 Å². The Kier molecular flexibility index (Phi) is 5.13. The minimum atomic E-state index is -1.00. The maximum Gasteiger partial charge on any atom is 0.335 e. The van der Waals surface area contributed by atoms with Gasteiger partial charge in [0.05, 0.1) is 11.8 Å². The Bertz CT molecular complexity index is 1360. The molecule has 1 heterocycles. The standard InChI is InChI=1S/C32H27NO4/c34-30-28-23-15-16-24(26-18-25(23)26)29(28)31(35)33(30)27(17-19-7-3-1-4-8-19)32(36)37-22-13-11-21(12-14-22)20-9-5-2-6-10-20/h1-16,23-29H,17-18H2/t23-,24-,25-,26+,27-,28+,29+/m0/s1. The Labute approximate surface area is 215 Å². The van der Waals surface area contributed by atoms with Crippen molar-refractivity contribution in [2.45, 2.75) is 18.9 Å². The predicted molar refractivity (Wildman–Crippen MR) is 138 cm³/mol. The number of hydrogen-bond donors (Lipinski definition) is 0. The molecule has 3 fully saturated rings. The average molecular weight is 490 g/mol. The molecule has 1 saturated heterocycles. The van der Waals surface area contributed by atoms with Crippen molar-refractivity contribution in [3.63, 3.8) is 0 Å². The Morgan fingerprint density at radius 2 is 1.30 bits per heavy atom. The first-order chi connectivity index (χ1) is 18.1. The van der Waals surface area contributed by atoms with Crippen molar-refractivity contribution in [3.05, 3.63) is 103 Å². The number of likely N-dealkylation sites (tertiary alicyclic amines) is 1. The van der Waals surface area contributed by atoms with Crippen LogP contribution in [-0.2, 0) is 20.8 Å². The van der Waals surface area contributed by atoms with Crippen molar-refractivity contribution in [3.8, 4) is 16.9 Å². The normalized spacial score (nSPS) is 29.6. The maximum atomic E-state index is 13.8. The lowest BCUT2D eigenvalue weighted by atomic mass is 9.63. The molecule has 0 N–H and O–H groups in total. The highest BCUT2D eigenvalue weighted by molar-refractivity contribution is 6.09. The molecule has 2 saturated carbocycles. The topological polar surface area (TPSA) is 63.7 Å². The van der Waals surface area contributed by atoms with Crippen molar-refractivity contribution in [2.24, 2.45) is 35.5 Å². The lowest BCUT2D eigenvalue weighted by Gasteiger charge is -2.37. The van der Waals surface area contributed by atoms with Crippen LogP contribution in [0.25, 0.3) is 11.1 Å². The fourth-order valence-electron chi connectivity index (χ4n) is 6.93. The number of hydrogen-bond acceptors (Lipinski definition) is 4. The number of imide groups is 1. The first-order valence-corrected chi connectivity index (χ1v) is 13.1. The van der Waals surface area contributed by atoms with Crippen molar-refractivity contribution in [1.29, 1.82) is 0 Å². The van der Waals surface area contributed by atoms with Gasteiger partial charge in [0.15, 0.2) is 0 Å². The number of rotatable bonds is 6. The van der Waals surface area contributed by atoms with Crippen LogP contribution in [0, 0.1) is 35.5 Å². The minimum absolute atomic E-state index is 0.111. The third-order valence-electron chi connectivity index (χ3n) is 8.73. The second-order valence-electron chi connectivity index (χ2n) is 10.7. The second-order valence-corrected chi connectivity index (χ2v) is 10.7. The van der Waals surface area contributed by atoms with Gasteiger partial charge in [-0.3, -0.25) is 14.5 Å². The van der Waals surface area contributed by atoms with Gasteiger partial charge in [0.25, 0.3) is 0 Å². The van der Waals surface area contributed by atoms with Gasteiger partial charge in [-0.25, -0.2) is 4.79 Å². The van der Waals surface area contributed by atoms with Gasteiger partial charge in [0, 0.05) is 6.42 Å². The van der Waals surface area contributed by atoms with Gasteiger partial charge >= 0.3 is 5.97 Å². The van der Waals surface area contributed by atoms with Gasteiger partial charge in [0.1, 0.15) is 11.8 Å². The summed E-state index contributed by atoms with van der Waals surface area (Å²) in [6, 6.07) is 25.8. The average Bonchev–Trinajstić information content (AvgIpc) is 3.72. The molecule has 3 aromatic carbocycles. The van der Waals surface area contributed by atoms with Crippen molar-refractivity contribution in [1.82, 2.24) is 4.90 Å². The lowest BCUT2D eigenvalue weighted by molar-refractivity contribution is -0.153. The highest BCUT2D eigenvalue weighted by Gasteiger charge is 2.68. The zero-order valence-electron chi connectivity index (χ0n) is 20.3. The van der Waals surface area contributed by atoms with Crippen molar-refractivity contribution >= 4 is 17.8 Å². The second kappa shape index (κ2) is 8.55. The van der Waals surface area contributed by atoms with E-state index in [4.69, 9.17) is 4.74 Å². The highest BCUT2D eigenvalue weighted by atomic mass is 16.5. The fourth-order valence-corrected chi connectivity index (χ4v) is 6.93. The van der Waals surface area contributed by atoms with E-state index in [0.29, 0.717) is 17.6 Å². The van der Waals surface area contributed by atoms with Crippen molar-refractivity contribution < 1.29 is 19.1 Å². The van der Waals surface area contributed by atoms with E-state index in [9.17, 15) is 14.4 Å². The van der Waals surface area contributed by atoms with E-state index in [-0.39, 0.29) is 41.9 Å². The number of esters is 1. The predicted octanol–water partition coefficient (Wildman–Crippen LogP) is 4.92. The van der Waals surface area contributed by atoms with Gasteiger partial charge in [-0.05, 0) is 58.9 Å². The Morgan fingerprint density at radius 1 is 0.757 bits per heavy atom. The largest absolute Gasteiger partial charge is 0.425 e. The van der Waals surface area contributed by atoms with E-state index in [2.05, 4.69) is 12.2 Å². The Balaban J connectivity index is 1.17. The van der Waals surface area contributed by atoms with Crippen LogP contribution in [0.2, 0.25) is 0 Å². The van der Waals surface area contributed by atoms with Gasteiger partial charge in [-0.1, -0.05) is 84.9 Å². The molecular weight excluding hydrogens is 462 g/mol. The van der Waals surface area contributed by atoms with Gasteiger partial charge in [-0.2, -0.15) is 0 Å². The van der Waals surface area contributed by atoms with E-state index < -0.39 is 12.0 Å². The van der Waals surface area contributed by atoms with Gasteiger partial charge in [0.2, 0.25) is 11.8 Å². The van der Waals surface area contributed by atoms with Crippen LogP contribution in [0.5, 0.6) is 5.75 Å². The van der Waals surface area contributed by atoms with E-state index in [0.717, 1.165) is 23.1 Å². The van der Waals surface area contributed by atoms with E-state index in [1.807, 2.05) is 72.8 Å². The van der Waals surface area contributed by atoms with Gasteiger partial charge < -0.3 is 4.74 Å². The van der Waals surface area contributed by atoms with Crippen LogP contribution < -0.4 is 4.74 Å². The van der Waals surface area contributed by atoms with Gasteiger partial charge in [-0.15, -0.1) is 0 Å². The summed E-state index contributed by atoms with van der Waals surface area (Å²) in [4.78, 5) is 42.4. The molecule has 0 aromatic heterocycles. The number of amides is 2. The number of benzene rings is 3. The SMILES string of the molecule is O=C(Oc1ccc(-c2ccccc2)cc1)[C@H](Cc1ccccc1)N1C(=O)[C@@H]2[C@H]3C=C[C@@H]([C@@H]4C[C@H]34)[C@H]2C1=O. The molecule has 3 aromatic rings. The van der Waals surface area contributed by atoms with Crippen LogP contribution in [0.4, 0.5) is 0 Å². The van der Waals surface area contributed by atoms with E-state index >= 15 is 0 Å². The van der Waals surface area contributed by atoms with E-state index in [1.165, 1.54) is 4.90 Å². The number of carbonyl (C=O) groups excluding carboxylic acids is 3. The fraction of sp³-hybridized carbons (Fsp3) is 0.281. The van der Waals surface area contributed by atoms with E-state index in [1.54, 1.807) is 12.1 Å². The molecule has 2 bridgehead atoms. The third kappa shape index (κ3) is 3.64. The monoisotopic (exact) mass is 489 g/mol. The molecule has 4 aliphatic carbocycles. The first-order valence-electron chi connectivity index (χ1n) is 13.1. The molecule has 37 heavy (non-hydrogen) atoms. The number of ether oxygens (including phenoxy) is 1. The number of nitrogens with zero attached hydrogens (tertiary/aromatic N) is 1. The molecule has 0 unspecified atom stereocenters. The molecule has 2 amide bonds. The highest BCUT2D eigenvalue weighted by Crippen LogP contribution is 2.65. The van der Waals surface area contributed by atoms with Crippen LogP contribution in [0.1, 0.15) is 12.0 Å². The molecular formula is C32H27NO4. The quantitative estimate of drug-likeness (QED) is 0.213. The maximum absolute atomic E-state index is 13.8. The van der Waals surface area contributed by atoms with Crippen LogP contribution >= 0.6 is 0 Å². The molecule has 0 radical (unpaired) electrons. The molecule has 5 aliphatic rings. The molecule has 5 heteroatoms. The van der Waals surface area contributed by atoms with Crippen molar-refractivity contribution in [2.75, 3.05) is 0 Å². The smallest absolute Gasteiger partial charge is 0.335 e. The zero-order valence-corrected chi connectivity index (χ0v) is 20.3. The summed E-state index contributed by atoms with van der Waals surface area (Å²) in [5, 5.41) is 0. The first kappa shape index (κ1) is 22.2. The Hall–Kier alpha value is -3.99. The summed E-state index contributed by atoms with van der Waals surface area (Å²) in [6.07, 6.45) is 5.62. The molecule has 1 aliphatic heterocycles. The summed E-state index contributed by atoms with van der Waals surface area (Å²) in [6.45, 7) is 0. The Morgan fingerprint density at radius 3 is 1.89 bits per heavy atom. The molecule has 5 nitrogen and oxygen atoms in total. The summed E-state index contributed by atoms with van der Waals surface area (Å²) in [5.41, 5.74) is 2.96. The lowest BCUT2D eigenvalue weighted by Crippen LogP contribution is -2.48. The summed E-state index contributed by atoms with van der Waals surface area (Å²) in [7, 11) is 0. The minimum Gasteiger partial charge on any atom is -0.425 e. The summed E-state index contributed by atoms with van der Waals surface area (Å²) >= 11 is 0. The third-order valence-corrected chi connectivity index (χ3v) is 8.73. The molecule has 0 spiro atoms. The zero-order chi connectivity index (χ0) is 25.1. The number of carbonyl (C=O) groups is 3. The summed E-state index contributed by atoms with van der Waals surface area (Å²) < 4.78 is 5.80. The van der Waals surface area contributed by atoms with Crippen LogP contribution in [-0.4, -0.2) is 28.7 Å². The molecule has 184 valence electrons. The molecule has 8 rings (SSSR count).